The first kappa shape index (κ1) is 8.70. The molecule has 0 aliphatic carbocycles. The second-order valence-electron chi connectivity index (χ2n) is 2.33. The molecule has 0 aromatic rings. The molecule has 0 atom stereocenters. The summed E-state index contributed by atoms with van der Waals surface area (Å²) in [6, 6.07) is 0. The fourth-order valence-corrected chi connectivity index (χ4v) is 0.514. The van der Waals surface area contributed by atoms with E-state index in [-0.39, 0.29) is 0 Å². The maximum Gasteiger partial charge on any atom is 0.0647 e. The van der Waals surface area contributed by atoms with Gasteiger partial charge >= 0.3 is 0 Å². The van der Waals surface area contributed by atoms with Crippen molar-refractivity contribution in [1.29, 1.82) is 0 Å². The van der Waals surface area contributed by atoms with Gasteiger partial charge in [0.25, 0.3) is 0 Å². The van der Waals surface area contributed by atoms with Gasteiger partial charge in [-0.15, -0.1) is 0 Å². The van der Waals surface area contributed by atoms with Crippen molar-refractivity contribution >= 4 is 0 Å². The third kappa shape index (κ3) is 7.70. The van der Waals surface area contributed by atoms with E-state index in [9.17, 15) is 0 Å². The molecule has 0 saturated heterocycles. The lowest BCUT2D eigenvalue weighted by Crippen LogP contribution is -1.89. The molecule has 0 aromatic heterocycles. The Kier molecular flexibility index (Phi) is 5.64. The van der Waals surface area contributed by atoms with Gasteiger partial charge in [-0.25, -0.2) is 0 Å². The highest BCUT2D eigenvalue weighted by Gasteiger charge is 1.81. The highest BCUT2D eigenvalue weighted by atomic mass is 16.5. The van der Waals surface area contributed by atoms with Gasteiger partial charge in [-0.3, -0.25) is 0 Å². The van der Waals surface area contributed by atoms with Gasteiger partial charge in [0.2, 0.25) is 0 Å². The van der Waals surface area contributed by atoms with E-state index in [2.05, 4.69) is 26.0 Å². The first-order valence-electron chi connectivity index (χ1n) is 3.51. The predicted octanol–water partition coefficient (Wildman–Crippen LogP) is 2.24. The van der Waals surface area contributed by atoms with Gasteiger partial charge in [-0.1, -0.05) is 26.0 Å². The van der Waals surface area contributed by atoms with Crippen LogP contribution < -0.4 is 0 Å². The van der Waals surface area contributed by atoms with Crippen LogP contribution in [-0.2, 0) is 4.74 Å². The summed E-state index contributed by atoms with van der Waals surface area (Å²) >= 11 is 0. The van der Waals surface area contributed by atoms with Crippen LogP contribution in [0.15, 0.2) is 12.2 Å². The average molecular weight is 128 g/mol. The Morgan fingerprint density at radius 3 is 2.56 bits per heavy atom. The Hall–Kier alpha value is -0.300. The van der Waals surface area contributed by atoms with Crippen molar-refractivity contribution in [3.05, 3.63) is 12.2 Å². The largest absolute Gasteiger partial charge is 0.378 e. The molecule has 0 radical (unpaired) electrons. The van der Waals surface area contributed by atoms with Crippen LogP contribution in [0.2, 0.25) is 0 Å². The van der Waals surface area contributed by atoms with Gasteiger partial charge in [0.1, 0.15) is 0 Å². The van der Waals surface area contributed by atoms with E-state index in [4.69, 9.17) is 4.74 Å². The zero-order valence-corrected chi connectivity index (χ0v) is 6.55. The Morgan fingerprint density at radius 2 is 2.11 bits per heavy atom. The molecule has 9 heavy (non-hydrogen) atoms. The van der Waals surface area contributed by atoms with Crippen molar-refractivity contribution in [2.24, 2.45) is 5.92 Å². The summed E-state index contributed by atoms with van der Waals surface area (Å²) in [4.78, 5) is 0. The van der Waals surface area contributed by atoms with E-state index in [0.29, 0.717) is 5.92 Å². The average Bonchev–Trinajstić information content (AvgIpc) is 1.80. The number of hydrogen-bond acceptors (Lipinski definition) is 1. The quantitative estimate of drug-likeness (QED) is 0.416. The second-order valence-corrected chi connectivity index (χ2v) is 2.33. The lowest BCUT2D eigenvalue weighted by Gasteiger charge is -1.94. The fraction of sp³-hybridized carbons (Fsp3) is 0.750. The molecule has 0 heterocycles. The van der Waals surface area contributed by atoms with Crippen molar-refractivity contribution < 1.29 is 4.74 Å². The molecule has 1 heteroatoms. The monoisotopic (exact) mass is 128 g/mol. The fourth-order valence-electron chi connectivity index (χ4n) is 0.514. The molecule has 0 N–H and O–H groups in total. The van der Waals surface area contributed by atoms with Crippen molar-refractivity contribution in [2.45, 2.75) is 20.8 Å². The number of rotatable bonds is 4. The highest BCUT2D eigenvalue weighted by molar-refractivity contribution is 4.83. The minimum absolute atomic E-state index is 0.644. The van der Waals surface area contributed by atoms with Crippen LogP contribution >= 0.6 is 0 Å². The molecule has 0 aliphatic heterocycles. The normalized spacial score (nSPS) is 11.6. The molecule has 0 spiro atoms. The van der Waals surface area contributed by atoms with E-state index < -0.39 is 0 Å². The Balaban J connectivity index is 3.04. The molecule has 0 saturated carbocycles. The minimum atomic E-state index is 0.644. The number of ether oxygens (including phenoxy) is 1. The van der Waals surface area contributed by atoms with Crippen LogP contribution in [0.4, 0.5) is 0 Å². The first-order valence-corrected chi connectivity index (χ1v) is 3.51. The summed E-state index contributed by atoms with van der Waals surface area (Å²) in [5, 5.41) is 0. The zero-order chi connectivity index (χ0) is 7.11. The van der Waals surface area contributed by atoms with Crippen LogP contribution in [0.1, 0.15) is 20.8 Å². The molecule has 0 amide bonds. The van der Waals surface area contributed by atoms with E-state index in [1.165, 1.54) is 0 Å². The molecule has 0 aromatic carbocycles. The first-order chi connectivity index (χ1) is 4.27. The van der Waals surface area contributed by atoms with Gasteiger partial charge < -0.3 is 4.74 Å². The van der Waals surface area contributed by atoms with E-state index in [0.717, 1.165) is 13.2 Å². The molecule has 0 fully saturated rings. The lowest BCUT2D eigenvalue weighted by molar-refractivity contribution is 0.177. The summed E-state index contributed by atoms with van der Waals surface area (Å²) in [7, 11) is 0. The SMILES string of the molecule is CCOCC=CC(C)C. The minimum Gasteiger partial charge on any atom is -0.378 e. The summed E-state index contributed by atoms with van der Waals surface area (Å²) in [5.41, 5.74) is 0. The molecular weight excluding hydrogens is 112 g/mol. The van der Waals surface area contributed by atoms with Gasteiger partial charge in [-0.2, -0.15) is 0 Å². The predicted molar refractivity (Wildman–Crippen MR) is 40.5 cm³/mol. The van der Waals surface area contributed by atoms with Gasteiger partial charge in [0.05, 0.1) is 6.61 Å². The molecule has 0 aliphatic rings. The van der Waals surface area contributed by atoms with Gasteiger partial charge in [0, 0.05) is 6.61 Å². The van der Waals surface area contributed by atoms with E-state index >= 15 is 0 Å². The zero-order valence-electron chi connectivity index (χ0n) is 6.55. The van der Waals surface area contributed by atoms with E-state index in [1.54, 1.807) is 0 Å². The van der Waals surface area contributed by atoms with Crippen molar-refractivity contribution in [3.8, 4) is 0 Å². The molecule has 0 bridgehead atoms. The van der Waals surface area contributed by atoms with Crippen LogP contribution in [-0.4, -0.2) is 13.2 Å². The van der Waals surface area contributed by atoms with Crippen LogP contribution in [0.25, 0.3) is 0 Å². The lowest BCUT2D eigenvalue weighted by atomic mass is 10.2. The topological polar surface area (TPSA) is 9.23 Å². The highest BCUT2D eigenvalue weighted by Crippen LogP contribution is 1.92. The molecule has 54 valence electrons. The maximum absolute atomic E-state index is 5.10. The second kappa shape index (κ2) is 5.83. The molecular formula is C8H16O. The van der Waals surface area contributed by atoms with Crippen LogP contribution in [0.3, 0.4) is 0 Å². The summed E-state index contributed by atoms with van der Waals surface area (Å²) in [6.07, 6.45) is 4.21. The third-order valence-electron chi connectivity index (χ3n) is 0.939. The number of allylic oxidation sites excluding steroid dienone is 1. The Bertz CT molecular complexity index is 74.6. The third-order valence-corrected chi connectivity index (χ3v) is 0.939. The Labute approximate surface area is 57.7 Å². The van der Waals surface area contributed by atoms with Crippen molar-refractivity contribution in [3.63, 3.8) is 0 Å². The van der Waals surface area contributed by atoms with Crippen molar-refractivity contribution in [1.82, 2.24) is 0 Å². The smallest absolute Gasteiger partial charge is 0.0647 e. The van der Waals surface area contributed by atoms with Crippen molar-refractivity contribution in [2.75, 3.05) is 13.2 Å². The maximum atomic E-state index is 5.10. The van der Waals surface area contributed by atoms with Gasteiger partial charge in [-0.05, 0) is 12.8 Å². The molecule has 0 rings (SSSR count). The van der Waals surface area contributed by atoms with Crippen LogP contribution in [0.5, 0.6) is 0 Å². The standard InChI is InChI=1S/C8H16O/c1-4-9-7-5-6-8(2)3/h5-6,8H,4,7H2,1-3H3. The summed E-state index contributed by atoms with van der Waals surface area (Å²) in [6.45, 7) is 7.88. The molecule has 0 unspecified atom stereocenters. The molecule has 1 nitrogen and oxygen atoms in total. The van der Waals surface area contributed by atoms with E-state index in [1.807, 2.05) is 6.92 Å². The van der Waals surface area contributed by atoms with Gasteiger partial charge in [0.15, 0.2) is 0 Å². The number of hydrogen-bond donors (Lipinski definition) is 0. The summed E-state index contributed by atoms with van der Waals surface area (Å²) in [5.74, 6) is 0.644. The summed E-state index contributed by atoms with van der Waals surface area (Å²) < 4.78 is 5.10. The van der Waals surface area contributed by atoms with Crippen LogP contribution in [0, 0.1) is 5.92 Å². The Morgan fingerprint density at radius 1 is 1.44 bits per heavy atom.